The number of hydrogen-bond acceptors (Lipinski definition) is 3. The highest BCUT2D eigenvalue weighted by Gasteiger charge is 2.44. The molecular weight excluding hydrogens is 262 g/mol. The van der Waals surface area contributed by atoms with Crippen molar-refractivity contribution in [2.45, 2.75) is 51.1 Å². The Morgan fingerprint density at radius 3 is 2.58 bits per heavy atom. The molecule has 6 heteroatoms. The van der Waals surface area contributed by atoms with Gasteiger partial charge in [-0.15, -0.1) is 0 Å². The van der Waals surface area contributed by atoms with Crippen LogP contribution in [-0.4, -0.2) is 55.3 Å². The monoisotopic (exact) mass is 287 g/mol. The summed E-state index contributed by atoms with van der Waals surface area (Å²) < 4.78 is 29.4. The van der Waals surface area contributed by atoms with E-state index < -0.39 is 10.2 Å². The van der Waals surface area contributed by atoms with Crippen molar-refractivity contribution in [3.8, 4) is 0 Å². The average molecular weight is 287 g/mol. The molecule has 0 spiro atoms. The van der Waals surface area contributed by atoms with Gasteiger partial charge in [0.15, 0.2) is 0 Å². The van der Waals surface area contributed by atoms with Gasteiger partial charge < -0.3 is 5.32 Å². The Balaban J connectivity index is 1.82. The summed E-state index contributed by atoms with van der Waals surface area (Å²) in [5, 5.41) is 3.36. The van der Waals surface area contributed by atoms with Crippen LogP contribution in [0.15, 0.2) is 0 Å². The molecule has 110 valence electrons. The zero-order valence-corrected chi connectivity index (χ0v) is 12.5. The van der Waals surface area contributed by atoms with Gasteiger partial charge in [0.25, 0.3) is 10.2 Å². The topological polar surface area (TPSA) is 52.7 Å². The maximum absolute atomic E-state index is 12.9. The van der Waals surface area contributed by atoms with Crippen LogP contribution in [0.1, 0.15) is 39.0 Å². The molecule has 3 saturated heterocycles. The molecule has 19 heavy (non-hydrogen) atoms. The van der Waals surface area contributed by atoms with Crippen LogP contribution in [0.4, 0.5) is 0 Å². The van der Waals surface area contributed by atoms with Crippen molar-refractivity contribution in [2.24, 2.45) is 5.92 Å². The van der Waals surface area contributed by atoms with Crippen LogP contribution >= 0.6 is 0 Å². The van der Waals surface area contributed by atoms with Crippen molar-refractivity contribution in [1.82, 2.24) is 13.9 Å². The normalized spacial score (nSPS) is 38.3. The number of fused-ring (bicyclic) bond motifs is 1. The van der Waals surface area contributed by atoms with Crippen LogP contribution in [0.3, 0.4) is 0 Å². The van der Waals surface area contributed by atoms with Crippen LogP contribution in [0.25, 0.3) is 0 Å². The Bertz CT molecular complexity index is 426. The molecule has 0 saturated carbocycles. The predicted octanol–water partition coefficient (Wildman–Crippen LogP) is 0.789. The first-order valence-electron chi connectivity index (χ1n) is 7.60. The van der Waals surface area contributed by atoms with E-state index in [0.717, 1.165) is 38.8 Å². The predicted molar refractivity (Wildman–Crippen MR) is 75.0 cm³/mol. The van der Waals surface area contributed by atoms with E-state index >= 15 is 0 Å². The number of rotatable bonds is 2. The quantitative estimate of drug-likeness (QED) is 0.817. The lowest BCUT2D eigenvalue weighted by atomic mass is 9.94. The van der Waals surface area contributed by atoms with Crippen LogP contribution in [0.5, 0.6) is 0 Å². The highest BCUT2D eigenvalue weighted by Crippen LogP contribution is 2.31. The summed E-state index contributed by atoms with van der Waals surface area (Å²) in [5.41, 5.74) is 0. The molecule has 3 unspecified atom stereocenters. The Morgan fingerprint density at radius 2 is 1.79 bits per heavy atom. The Labute approximate surface area is 116 Å². The van der Waals surface area contributed by atoms with E-state index in [-0.39, 0.29) is 12.1 Å². The zero-order valence-electron chi connectivity index (χ0n) is 11.7. The van der Waals surface area contributed by atoms with Crippen molar-refractivity contribution in [2.75, 3.05) is 26.2 Å². The van der Waals surface area contributed by atoms with Crippen LogP contribution in [0, 0.1) is 5.92 Å². The van der Waals surface area contributed by atoms with Gasteiger partial charge >= 0.3 is 0 Å². The second kappa shape index (κ2) is 5.31. The number of nitrogens with one attached hydrogen (secondary N) is 1. The van der Waals surface area contributed by atoms with Gasteiger partial charge in [0.2, 0.25) is 0 Å². The van der Waals surface area contributed by atoms with Crippen LogP contribution < -0.4 is 5.32 Å². The summed E-state index contributed by atoms with van der Waals surface area (Å²) in [7, 11) is -3.26. The average Bonchev–Trinajstić information content (AvgIpc) is 2.86. The van der Waals surface area contributed by atoms with Gasteiger partial charge in [-0.25, -0.2) is 0 Å². The fourth-order valence-corrected chi connectivity index (χ4v) is 6.00. The third kappa shape index (κ3) is 2.44. The van der Waals surface area contributed by atoms with Gasteiger partial charge in [-0.2, -0.15) is 17.0 Å². The molecule has 3 aliphatic rings. The lowest BCUT2D eigenvalue weighted by Crippen LogP contribution is -2.56. The molecule has 0 aromatic heterocycles. The first kappa shape index (κ1) is 13.8. The van der Waals surface area contributed by atoms with E-state index in [1.54, 1.807) is 8.61 Å². The second-order valence-corrected chi connectivity index (χ2v) is 8.04. The molecule has 3 heterocycles. The molecule has 0 aromatic rings. The summed E-state index contributed by atoms with van der Waals surface area (Å²) in [5.74, 6) is 0.517. The van der Waals surface area contributed by atoms with Crippen LogP contribution in [0.2, 0.25) is 0 Å². The van der Waals surface area contributed by atoms with Gasteiger partial charge in [0.05, 0.1) is 0 Å². The van der Waals surface area contributed by atoms with Gasteiger partial charge in [0.1, 0.15) is 0 Å². The molecule has 3 aliphatic heterocycles. The van der Waals surface area contributed by atoms with Crippen molar-refractivity contribution >= 4 is 10.2 Å². The van der Waals surface area contributed by atoms with Crippen molar-refractivity contribution < 1.29 is 8.42 Å². The Hall–Kier alpha value is -0.170. The van der Waals surface area contributed by atoms with Gasteiger partial charge in [0, 0.05) is 31.7 Å². The molecule has 0 radical (unpaired) electrons. The minimum atomic E-state index is -3.26. The van der Waals surface area contributed by atoms with E-state index in [0.29, 0.717) is 19.0 Å². The first-order valence-corrected chi connectivity index (χ1v) is 9.00. The smallest absolute Gasteiger partial charge is 0.282 e. The van der Waals surface area contributed by atoms with E-state index in [9.17, 15) is 8.42 Å². The molecule has 3 fully saturated rings. The molecule has 3 atom stereocenters. The second-order valence-electron chi connectivity index (χ2n) is 6.20. The van der Waals surface area contributed by atoms with E-state index in [1.165, 1.54) is 6.42 Å². The van der Waals surface area contributed by atoms with Crippen LogP contribution in [-0.2, 0) is 10.2 Å². The lowest BCUT2D eigenvalue weighted by Gasteiger charge is -2.41. The molecule has 0 aliphatic carbocycles. The minimum absolute atomic E-state index is 0.161. The lowest BCUT2D eigenvalue weighted by molar-refractivity contribution is 0.183. The summed E-state index contributed by atoms with van der Waals surface area (Å²) in [6, 6.07) is 0.348. The largest absolute Gasteiger partial charge is 0.315 e. The molecule has 5 nitrogen and oxygen atoms in total. The van der Waals surface area contributed by atoms with Crippen molar-refractivity contribution in [1.29, 1.82) is 0 Å². The molecular formula is C13H25N3O2S. The number of nitrogens with zero attached hydrogens (tertiary/aromatic N) is 2. The molecule has 0 amide bonds. The molecule has 3 rings (SSSR count). The maximum atomic E-state index is 12.9. The fourth-order valence-electron chi connectivity index (χ4n) is 3.86. The number of piperidine rings is 2. The van der Waals surface area contributed by atoms with E-state index in [1.807, 2.05) is 6.92 Å². The summed E-state index contributed by atoms with van der Waals surface area (Å²) in [4.78, 5) is 0. The molecule has 1 N–H and O–H groups in total. The van der Waals surface area contributed by atoms with Crippen molar-refractivity contribution in [3.05, 3.63) is 0 Å². The highest BCUT2D eigenvalue weighted by molar-refractivity contribution is 7.86. The summed E-state index contributed by atoms with van der Waals surface area (Å²) in [6.07, 6.45) is 5.33. The van der Waals surface area contributed by atoms with Gasteiger partial charge in [-0.3, -0.25) is 0 Å². The maximum Gasteiger partial charge on any atom is 0.282 e. The SMILES string of the molecule is CC1CCCCN1S(=O)(=O)N1CCCC2CNCC21. The Morgan fingerprint density at radius 1 is 1.00 bits per heavy atom. The summed E-state index contributed by atoms with van der Waals surface area (Å²) >= 11 is 0. The van der Waals surface area contributed by atoms with Gasteiger partial charge in [-0.05, 0) is 45.1 Å². The highest BCUT2D eigenvalue weighted by atomic mass is 32.2. The molecule has 0 bridgehead atoms. The fraction of sp³-hybridized carbons (Fsp3) is 1.00. The van der Waals surface area contributed by atoms with E-state index in [4.69, 9.17) is 0 Å². The third-order valence-corrected chi connectivity index (χ3v) is 7.14. The standard InChI is InChI=1S/C13H25N3O2S/c1-11-5-2-3-7-15(11)19(17,18)16-8-4-6-12-9-14-10-13(12)16/h11-14H,2-10H2,1H3. The minimum Gasteiger partial charge on any atom is -0.315 e. The zero-order chi connectivity index (χ0) is 13.5. The number of hydrogen-bond donors (Lipinski definition) is 1. The first-order chi connectivity index (χ1) is 9.10. The van der Waals surface area contributed by atoms with Crippen molar-refractivity contribution in [3.63, 3.8) is 0 Å². The Kier molecular flexibility index (Phi) is 3.86. The summed E-state index contributed by atoms with van der Waals surface area (Å²) in [6.45, 7) is 5.25. The van der Waals surface area contributed by atoms with Gasteiger partial charge in [-0.1, -0.05) is 6.42 Å². The molecule has 0 aromatic carbocycles. The van der Waals surface area contributed by atoms with E-state index in [2.05, 4.69) is 5.32 Å². The third-order valence-electron chi connectivity index (χ3n) is 4.96.